The van der Waals surface area contributed by atoms with Crippen molar-refractivity contribution < 1.29 is 18.7 Å². The lowest BCUT2D eigenvalue weighted by Crippen LogP contribution is -2.16. The van der Waals surface area contributed by atoms with E-state index in [9.17, 15) is 14.0 Å². The Labute approximate surface area is 98.6 Å². The van der Waals surface area contributed by atoms with Gasteiger partial charge in [-0.25, -0.2) is 0 Å². The summed E-state index contributed by atoms with van der Waals surface area (Å²) in [6, 6.07) is 8.06. The summed E-state index contributed by atoms with van der Waals surface area (Å²) >= 11 is 0. The van der Waals surface area contributed by atoms with Crippen LogP contribution in [0.1, 0.15) is 24.8 Å². The quantitative estimate of drug-likeness (QED) is 0.764. The standard InChI is InChI=1S/C12H14FNO3/c13-12(9-4-2-1-3-5-9)17-11(16)7-6-10(15)8-14/h1-5,12H,6-8,14H2. The molecule has 2 N–H and O–H groups in total. The van der Waals surface area contributed by atoms with Gasteiger partial charge in [0.25, 0.3) is 6.36 Å². The molecular weight excluding hydrogens is 225 g/mol. The summed E-state index contributed by atoms with van der Waals surface area (Å²) in [5, 5.41) is 0. The van der Waals surface area contributed by atoms with E-state index in [1.54, 1.807) is 18.2 Å². The molecule has 17 heavy (non-hydrogen) atoms. The summed E-state index contributed by atoms with van der Waals surface area (Å²) in [6.07, 6.45) is -1.96. The average Bonchev–Trinajstić information content (AvgIpc) is 2.36. The molecular formula is C12H14FNO3. The summed E-state index contributed by atoms with van der Waals surface area (Å²) in [5.74, 6) is -1.000. The van der Waals surface area contributed by atoms with Crippen LogP contribution < -0.4 is 5.73 Å². The van der Waals surface area contributed by atoms with Crippen LogP contribution in [-0.4, -0.2) is 18.3 Å². The van der Waals surface area contributed by atoms with E-state index in [0.29, 0.717) is 0 Å². The van der Waals surface area contributed by atoms with E-state index in [-0.39, 0.29) is 30.7 Å². The highest BCUT2D eigenvalue weighted by atomic mass is 19.1. The minimum atomic E-state index is -1.79. The fourth-order valence-electron chi connectivity index (χ4n) is 1.19. The highest BCUT2D eigenvalue weighted by molar-refractivity contribution is 5.84. The molecule has 0 aliphatic rings. The Bertz CT molecular complexity index is 381. The number of carbonyl (C=O) groups excluding carboxylic acids is 2. The molecule has 1 unspecified atom stereocenters. The molecule has 0 aliphatic heterocycles. The number of ketones is 1. The van der Waals surface area contributed by atoms with Crippen LogP contribution in [0.15, 0.2) is 30.3 Å². The third kappa shape index (κ3) is 4.74. The number of ether oxygens (including phenoxy) is 1. The summed E-state index contributed by atoms with van der Waals surface area (Å²) in [5.41, 5.74) is 5.34. The molecule has 0 fully saturated rings. The van der Waals surface area contributed by atoms with Crippen molar-refractivity contribution >= 4 is 11.8 Å². The molecule has 0 amide bonds. The first-order chi connectivity index (χ1) is 8.13. The largest absolute Gasteiger partial charge is 0.427 e. The van der Waals surface area contributed by atoms with Gasteiger partial charge in [0.1, 0.15) is 5.78 Å². The van der Waals surface area contributed by atoms with Crippen LogP contribution in [0.25, 0.3) is 0 Å². The summed E-state index contributed by atoms with van der Waals surface area (Å²) in [6.45, 7) is -0.120. The SMILES string of the molecule is NCC(=O)CCC(=O)OC(F)c1ccccc1. The second-order valence-electron chi connectivity index (χ2n) is 3.46. The van der Waals surface area contributed by atoms with Crippen LogP contribution in [-0.2, 0) is 14.3 Å². The number of alkyl halides is 1. The van der Waals surface area contributed by atoms with Gasteiger partial charge in [-0.2, -0.15) is 4.39 Å². The Kier molecular flexibility index (Phi) is 5.29. The van der Waals surface area contributed by atoms with Crippen molar-refractivity contribution in [3.05, 3.63) is 35.9 Å². The predicted octanol–water partition coefficient (Wildman–Crippen LogP) is 1.51. The van der Waals surface area contributed by atoms with E-state index in [1.165, 1.54) is 12.1 Å². The number of nitrogens with two attached hydrogens (primary N) is 1. The Morgan fingerprint density at radius 2 is 1.88 bits per heavy atom. The zero-order valence-corrected chi connectivity index (χ0v) is 9.27. The van der Waals surface area contributed by atoms with Gasteiger partial charge in [0.15, 0.2) is 0 Å². The van der Waals surface area contributed by atoms with Gasteiger partial charge >= 0.3 is 5.97 Å². The maximum Gasteiger partial charge on any atom is 0.309 e. The molecule has 1 rings (SSSR count). The number of carbonyl (C=O) groups is 2. The Hall–Kier alpha value is -1.75. The topological polar surface area (TPSA) is 69.4 Å². The lowest BCUT2D eigenvalue weighted by molar-refractivity contribution is -0.159. The second kappa shape index (κ2) is 6.75. The average molecular weight is 239 g/mol. The smallest absolute Gasteiger partial charge is 0.309 e. The molecule has 0 heterocycles. The van der Waals surface area contributed by atoms with Crippen molar-refractivity contribution in [1.82, 2.24) is 0 Å². The first kappa shape index (κ1) is 13.3. The Balaban J connectivity index is 2.39. The monoisotopic (exact) mass is 239 g/mol. The van der Waals surface area contributed by atoms with Gasteiger partial charge in [-0.05, 0) is 0 Å². The third-order valence-electron chi connectivity index (χ3n) is 2.13. The van der Waals surface area contributed by atoms with E-state index >= 15 is 0 Å². The van der Waals surface area contributed by atoms with E-state index in [1.807, 2.05) is 0 Å². The van der Waals surface area contributed by atoms with Crippen LogP contribution in [0.4, 0.5) is 4.39 Å². The number of esters is 1. The first-order valence-electron chi connectivity index (χ1n) is 5.23. The molecule has 0 saturated heterocycles. The van der Waals surface area contributed by atoms with Crippen molar-refractivity contribution in [3.63, 3.8) is 0 Å². The maximum absolute atomic E-state index is 13.4. The van der Waals surface area contributed by atoms with Gasteiger partial charge in [0, 0.05) is 12.0 Å². The third-order valence-corrected chi connectivity index (χ3v) is 2.13. The molecule has 1 aromatic carbocycles. The molecule has 1 atom stereocenters. The summed E-state index contributed by atoms with van der Waals surface area (Å²) < 4.78 is 18.0. The molecule has 0 spiro atoms. The van der Waals surface area contributed by atoms with Crippen molar-refractivity contribution in [2.45, 2.75) is 19.2 Å². The highest BCUT2D eigenvalue weighted by Crippen LogP contribution is 2.18. The number of rotatable bonds is 6. The number of hydrogen-bond donors (Lipinski definition) is 1. The van der Waals surface area contributed by atoms with Crippen LogP contribution in [0, 0.1) is 0 Å². The molecule has 0 aliphatic carbocycles. The van der Waals surface area contributed by atoms with Gasteiger partial charge in [-0.1, -0.05) is 30.3 Å². The van der Waals surface area contributed by atoms with Crippen LogP contribution in [0.2, 0.25) is 0 Å². The minimum Gasteiger partial charge on any atom is -0.427 e. The number of Topliss-reactive ketones (excluding diaryl/α,β-unsaturated/α-hetero) is 1. The Morgan fingerprint density at radius 3 is 2.47 bits per heavy atom. The number of benzene rings is 1. The lowest BCUT2D eigenvalue weighted by atomic mass is 10.2. The fourth-order valence-corrected chi connectivity index (χ4v) is 1.19. The summed E-state index contributed by atoms with van der Waals surface area (Å²) in [4.78, 5) is 22.0. The highest BCUT2D eigenvalue weighted by Gasteiger charge is 2.15. The van der Waals surface area contributed by atoms with E-state index in [2.05, 4.69) is 4.74 Å². The van der Waals surface area contributed by atoms with E-state index < -0.39 is 12.3 Å². The van der Waals surface area contributed by atoms with Crippen molar-refractivity contribution in [2.75, 3.05) is 6.54 Å². The van der Waals surface area contributed by atoms with E-state index in [0.717, 1.165) is 0 Å². The summed E-state index contributed by atoms with van der Waals surface area (Å²) in [7, 11) is 0. The number of halogens is 1. The van der Waals surface area contributed by atoms with Gasteiger partial charge < -0.3 is 10.5 Å². The molecule has 0 radical (unpaired) electrons. The maximum atomic E-state index is 13.4. The second-order valence-corrected chi connectivity index (χ2v) is 3.46. The molecule has 92 valence electrons. The van der Waals surface area contributed by atoms with Gasteiger partial charge in [0.05, 0.1) is 13.0 Å². The zero-order valence-electron chi connectivity index (χ0n) is 9.27. The first-order valence-corrected chi connectivity index (χ1v) is 5.23. The Morgan fingerprint density at radius 1 is 1.24 bits per heavy atom. The normalized spacial score (nSPS) is 11.9. The van der Waals surface area contributed by atoms with Crippen molar-refractivity contribution in [3.8, 4) is 0 Å². The van der Waals surface area contributed by atoms with Crippen molar-refractivity contribution in [1.29, 1.82) is 0 Å². The molecule has 5 heteroatoms. The minimum absolute atomic E-state index is 0.0170. The van der Waals surface area contributed by atoms with Crippen LogP contribution >= 0.6 is 0 Å². The molecule has 0 bridgehead atoms. The zero-order chi connectivity index (χ0) is 12.7. The molecule has 1 aromatic rings. The van der Waals surface area contributed by atoms with Crippen LogP contribution in [0.3, 0.4) is 0 Å². The van der Waals surface area contributed by atoms with E-state index in [4.69, 9.17) is 5.73 Å². The molecule has 0 saturated carbocycles. The lowest BCUT2D eigenvalue weighted by Gasteiger charge is -2.09. The van der Waals surface area contributed by atoms with Gasteiger partial charge in [-0.15, -0.1) is 0 Å². The van der Waals surface area contributed by atoms with Crippen LogP contribution in [0.5, 0.6) is 0 Å². The predicted molar refractivity (Wildman–Crippen MR) is 59.7 cm³/mol. The number of hydrogen-bond acceptors (Lipinski definition) is 4. The molecule has 4 nitrogen and oxygen atoms in total. The fraction of sp³-hybridized carbons (Fsp3) is 0.333. The van der Waals surface area contributed by atoms with Gasteiger partial charge in [-0.3, -0.25) is 9.59 Å². The molecule has 0 aromatic heterocycles. The van der Waals surface area contributed by atoms with Gasteiger partial charge in [0.2, 0.25) is 0 Å². The van der Waals surface area contributed by atoms with Crippen molar-refractivity contribution in [2.24, 2.45) is 5.73 Å².